The van der Waals surface area contributed by atoms with Crippen LogP contribution in [-0.2, 0) is 16.0 Å². The molecule has 0 saturated carbocycles. The highest BCUT2D eigenvalue weighted by Crippen LogP contribution is 2.16. The van der Waals surface area contributed by atoms with Gasteiger partial charge in [-0.25, -0.2) is 0 Å². The topological polar surface area (TPSA) is 78.4 Å². The molecule has 2 aromatic rings. The minimum absolute atomic E-state index is 0.129. The number of carbonyl (C=O) groups excluding carboxylic acids is 2. The molecule has 0 spiro atoms. The van der Waals surface area contributed by atoms with E-state index in [-0.39, 0.29) is 24.8 Å². The largest absolute Gasteiger partial charge is 0.387 e. The Balaban J connectivity index is 1.82. The Bertz CT molecular complexity index is 699. The summed E-state index contributed by atoms with van der Waals surface area (Å²) in [5, 5.41) is 16.0. The first-order chi connectivity index (χ1) is 11.4. The number of aliphatic hydroxyl groups is 1. The number of aliphatic hydroxyl groups excluding tert-OH is 1. The second kappa shape index (κ2) is 8.47. The normalized spacial score (nSPS) is 11.6. The number of nitrogens with one attached hydrogen (secondary N) is 2. The van der Waals surface area contributed by atoms with Crippen molar-refractivity contribution in [3.63, 3.8) is 0 Å². The number of halogens is 1. The average Bonchev–Trinajstić information content (AvgIpc) is 2.54. The molecule has 0 aromatic heterocycles. The Morgan fingerprint density at radius 1 is 1.08 bits per heavy atom. The fraction of sp³-hybridized carbons (Fsp3) is 0.222. The highest BCUT2D eigenvalue weighted by molar-refractivity contribution is 6.30. The van der Waals surface area contributed by atoms with Crippen molar-refractivity contribution in [2.75, 3.05) is 11.9 Å². The van der Waals surface area contributed by atoms with Crippen LogP contribution in [0.25, 0.3) is 0 Å². The predicted molar refractivity (Wildman–Crippen MR) is 93.9 cm³/mol. The second-order valence-electron chi connectivity index (χ2n) is 5.43. The predicted octanol–water partition coefficient (Wildman–Crippen LogP) is 2.69. The average molecular weight is 347 g/mol. The van der Waals surface area contributed by atoms with Crippen LogP contribution < -0.4 is 10.6 Å². The number of hydrogen-bond acceptors (Lipinski definition) is 3. The lowest BCUT2D eigenvalue weighted by molar-refractivity contribution is -0.121. The lowest BCUT2D eigenvalue weighted by atomic mass is 10.1. The maximum atomic E-state index is 12.0. The Morgan fingerprint density at radius 3 is 2.29 bits per heavy atom. The SMILES string of the molecule is CC(=O)Nc1ccc(CC(=O)NCC(O)c2ccc(Cl)cc2)cc1. The smallest absolute Gasteiger partial charge is 0.224 e. The van der Waals surface area contributed by atoms with Gasteiger partial charge in [0.1, 0.15) is 0 Å². The Morgan fingerprint density at radius 2 is 1.71 bits per heavy atom. The second-order valence-corrected chi connectivity index (χ2v) is 5.86. The highest BCUT2D eigenvalue weighted by Gasteiger charge is 2.10. The molecule has 1 atom stereocenters. The van der Waals surface area contributed by atoms with E-state index in [1.807, 2.05) is 0 Å². The van der Waals surface area contributed by atoms with Crippen molar-refractivity contribution in [1.29, 1.82) is 0 Å². The molecule has 0 aliphatic carbocycles. The molecule has 1 unspecified atom stereocenters. The quantitative estimate of drug-likeness (QED) is 0.752. The lowest BCUT2D eigenvalue weighted by Gasteiger charge is -2.12. The zero-order valence-electron chi connectivity index (χ0n) is 13.3. The molecular formula is C18H19ClN2O3. The van der Waals surface area contributed by atoms with Gasteiger partial charge in [0.2, 0.25) is 11.8 Å². The number of benzene rings is 2. The minimum atomic E-state index is -0.784. The number of hydrogen-bond donors (Lipinski definition) is 3. The highest BCUT2D eigenvalue weighted by atomic mass is 35.5. The molecule has 0 aliphatic rings. The summed E-state index contributed by atoms with van der Waals surface area (Å²) in [4.78, 5) is 22.9. The minimum Gasteiger partial charge on any atom is -0.387 e. The molecular weight excluding hydrogens is 328 g/mol. The summed E-state index contributed by atoms with van der Waals surface area (Å²) in [6.07, 6.45) is -0.582. The molecule has 3 N–H and O–H groups in total. The first-order valence-corrected chi connectivity index (χ1v) is 7.88. The van der Waals surface area contributed by atoms with Crippen LogP contribution in [0.1, 0.15) is 24.2 Å². The van der Waals surface area contributed by atoms with Crippen molar-refractivity contribution in [2.45, 2.75) is 19.4 Å². The first-order valence-electron chi connectivity index (χ1n) is 7.51. The van der Waals surface area contributed by atoms with Crippen molar-refractivity contribution < 1.29 is 14.7 Å². The van der Waals surface area contributed by atoms with E-state index < -0.39 is 6.10 Å². The van der Waals surface area contributed by atoms with Crippen LogP contribution in [0.5, 0.6) is 0 Å². The van der Waals surface area contributed by atoms with E-state index in [0.717, 1.165) is 5.56 Å². The van der Waals surface area contributed by atoms with Crippen LogP contribution in [-0.4, -0.2) is 23.5 Å². The fourth-order valence-corrected chi connectivity index (χ4v) is 2.30. The van der Waals surface area contributed by atoms with Gasteiger partial charge in [-0.2, -0.15) is 0 Å². The van der Waals surface area contributed by atoms with Crippen LogP contribution in [0.4, 0.5) is 5.69 Å². The first kappa shape index (κ1) is 18.0. The number of carbonyl (C=O) groups is 2. The molecule has 0 saturated heterocycles. The van der Waals surface area contributed by atoms with E-state index in [1.54, 1.807) is 48.5 Å². The monoisotopic (exact) mass is 346 g/mol. The van der Waals surface area contributed by atoms with Crippen LogP contribution in [0.2, 0.25) is 5.02 Å². The van der Waals surface area contributed by atoms with E-state index >= 15 is 0 Å². The van der Waals surface area contributed by atoms with Gasteiger partial charge in [0, 0.05) is 24.2 Å². The van der Waals surface area contributed by atoms with Crippen molar-refractivity contribution in [1.82, 2.24) is 5.32 Å². The third-order valence-corrected chi connectivity index (χ3v) is 3.64. The number of rotatable bonds is 6. The summed E-state index contributed by atoms with van der Waals surface area (Å²) >= 11 is 5.80. The fourth-order valence-electron chi connectivity index (χ4n) is 2.17. The molecule has 2 aromatic carbocycles. The van der Waals surface area contributed by atoms with E-state index in [1.165, 1.54) is 6.92 Å². The van der Waals surface area contributed by atoms with Gasteiger partial charge in [0.05, 0.1) is 12.5 Å². The van der Waals surface area contributed by atoms with Crippen LogP contribution in [0.15, 0.2) is 48.5 Å². The molecule has 5 nitrogen and oxygen atoms in total. The molecule has 24 heavy (non-hydrogen) atoms. The molecule has 126 valence electrons. The van der Waals surface area contributed by atoms with Gasteiger partial charge in [0.25, 0.3) is 0 Å². The van der Waals surface area contributed by atoms with Gasteiger partial charge >= 0.3 is 0 Å². The van der Waals surface area contributed by atoms with Crippen molar-refractivity contribution in [2.24, 2.45) is 0 Å². The summed E-state index contributed by atoms with van der Waals surface area (Å²) < 4.78 is 0. The molecule has 0 aliphatic heterocycles. The molecule has 2 amide bonds. The standard InChI is InChI=1S/C18H19ClN2O3/c1-12(22)21-16-8-2-13(3-9-16)10-18(24)20-11-17(23)14-4-6-15(19)7-5-14/h2-9,17,23H,10-11H2,1H3,(H,20,24)(H,21,22). The van der Waals surface area contributed by atoms with E-state index in [9.17, 15) is 14.7 Å². The van der Waals surface area contributed by atoms with Gasteiger partial charge in [-0.15, -0.1) is 0 Å². The lowest BCUT2D eigenvalue weighted by Crippen LogP contribution is -2.29. The van der Waals surface area contributed by atoms with Crippen LogP contribution in [0, 0.1) is 0 Å². The summed E-state index contributed by atoms with van der Waals surface area (Å²) in [5.74, 6) is -0.327. The maximum Gasteiger partial charge on any atom is 0.224 e. The molecule has 0 fully saturated rings. The molecule has 6 heteroatoms. The zero-order chi connectivity index (χ0) is 17.5. The molecule has 0 radical (unpaired) electrons. The van der Waals surface area contributed by atoms with Gasteiger partial charge < -0.3 is 15.7 Å². The Hall–Kier alpha value is -2.37. The van der Waals surface area contributed by atoms with Crippen LogP contribution in [0.3, 0.4) is 0 Å². The van der Waals surface area contributed by atoms with E-state index in [4.69, 9.17) is 11.6 Å². The summed E-state index contributed by atoms with van der Waals surface area (Å²) in [6.45, 7) is 1.57. The zero-order valence-corrected chi connectivity index (χ0v) is 14.0. The Kier molecular flexibility index (Phi) is 6.35. The number of amides is 2. The van der Waals surface area contributed by atoms with Gasteiger partial charge in [-0.1, -0.05) is 35.9 Å². The molecule has 0 heterocycles. The number of anilines is 1. The third-order valence-electron chi connectivity index (χ3n) is 3.39. The molecule has 2 rings (SSSR count). The van der Waals surface area contributed by atoms with E-state index in [0.29, 0.717) is 16.3 Å². The summed E-state index contributed by atoms with van der Waals surface area (Å²) in [6, 6.07) is 13.9. The Labute approximate surface area is 145 Å². The molecule has 0 bridgehead atoms. The summed E-state index contributed by atoms with van der Waals surface area (Å²) in [7, 11) is 0. The van der Waals surface area contributed by atoms with Crippen molar-refractivity contribution in [3.8, 4) is 0 Å². The van der Waals surface area contributed by atoms with Crippen LogP contribution >= 0.6 is 11.6 Å². The third kappa shape index (κ3) is 5.68. The summed E-state index contributed by atoms with van der Waals surface area (Å²) in [5.41, 5.74) is 2.20. The maximum absolute atomic E-state index is 12.0. The van der Waals surface area contributed by atoms with Gasteiger partial charge in [-0.3, -0.25) is 9.59 Å². The van der Waals surface area contributed by atoms with Crippen molar-refractivity contribution in [3.05, 3.63) is 64.7 Å². The van der Waals surface area contributed by atoms with Gasteiger partial charge in [-0.05, 0) is 35.4 Å². The van der Waals surface area contributed by atoms with Gasteiger partial charge in [0.15, 0.2) is 0 Å². The van der Waals surface area contributed by atoms with Crippen molar-refractivity contribution >= 4 is 29.1 Å². The van der Waals surface area contributed by atoms with E-state index in [2.05, 4.69) is 10.6 Å².